The number of halogens is 1. The molecule has 0 aliphatic heterocycles. The molecule has 0 saturated heterocycles. The third-order valence-corrected chi connectivity index (χ3v) is 3.63. The second-order valence-corrected chi connectivity index (χ2v) is 6.25. The van der Waals surface area contributed by atoms with Gasteiger partial charge in [0.1, 0.15) is 11.6 Å². The Labute approximate surface area is 136 Å². The van der Waals surface area contributed by atoms with E-state index in [9.17, 15) is 9.18 Å². The van der Waals surface area contributed by atoms with Crippen molar-refractivity contribution < 1.29 is 13.9 Å². The topological polar surface area (TPSA) is 38.3 Å². The predicted octanol–water partition coefficient (Wildman–Crippen LogP) is 4.53. The van der Waals surface area contributed by atoms with Crippen LogP contribution in [-0.4, -0.2) is 12.0 Å². The minimum absolute atomic E-state index is 0.0122. The molecule has 4 heteroatoms. The van der Waals surface area contributed by atoms with Gasteiger partial charge in [0.25, 0.3) is 0 Å². The Balaban J connectivity index is 2.23. The van der Waals surface area contributed by atoms with Crippen molar-refractivity contribution in [2.75, 3.05) is 5.32 Å². The fourth-order valence-electron chi connectivity index (χ4n) is 2.20. The van der Waals surface area contributed by atoms with Crippen molar-refractivity contribution in [3.63, 3.8) is 0 Å². The van der Waals surface area contributed by atoms with Crippen molar-refractivity contribution in [2.45, 2.75) is 39.2 Å². The lowest BCUT2D eigenvalue weighted by Gasteiger charge is -2.25. The average molecular weight is 315 g/mol. The molecule has 0 spiro atoms. The molecule has 2 rings (SSSR count). The van der Waals surface area contributed by atoms with Gasteiger partial charge in [0.15, 0.2) is 0 Å². The molecule has 0 radical (unpaired) electrons. The molecule has 23 heavy (non-hydrogen) atoms. The van der Waals surface area contributed by atoms with Crippen LogP contribution in [0.25, 0.3) is 0 Å². The molecule has 0 unspecified atom stereocenters. The van der Waals surface area contributed by atoms with Crippen molar-refractivity contribution in [2.24, 2.45) is 0 Å². The van der Waals surface area contributed by atoms with E-state index in [1.165, 1.54) is 12.1 Å². The SMILES string of the molecule is CC(C)Oc1ccccc1NC(=O)C(C)(C)c1ccc(F)cc1. The van der Waals surface area contributed by atoms with Gasteiger partial charge < -0.3 is 10.1 Å². The molecule has 0 aliphatic carbocycles. The summed E-state index contributed by atoms with van der Waals surface area (Å²) in [6, 6.07) is 13.3. The summed E-state index contributed by atoms with van der Waals surface area (Å²) in [5, 5.41) is 2.91. The van der Waals surface area contributed by atoms with Crippen LogP contribution in [0.15, 0.2) is 48.5 Å². The third kappa shape index (κ3) is 4.09. The molecule has 3 nitrogen and oxygen atoms in total. The number of para-hydroxylation sites is 2. The largest absolute Gasteiger partial charge is 0.489 e. The fourth-order valence-corrected chi connectivity index (χ4v) is 2.20. The number of ether oxygens (including phenoxy) is 1. The summed E-state index contributed by atoms with van der Waals surface area (Å²) in [6.07, 6.45) is 0.0122. The van der Waals surface area contributed by atoms with E-state index < -0.39 is 5.41 Å². The normalized spacial score (nSPS) is 11.4. The molecular weight excluding hydrogens is 293 g/mol. The molecule has 122 valence electrons. The van der Waals surface area contributed by atoms with Crippen LogP contribution in [0, 0.1) is 5.82 Å². The number of hydrogen-bond donors (Lipinski definition) is 1. The highest BCUT2D eigenvalue weighted by Crippen LogP contribution is 2.29. The molecule has 1 N–H and O–H groups in total. The lowest BCUT2D eigenvalue weighted by Crippen LogP contribution is -2.34. The Hall–Kier alpha value is -2.36. The molecule has 0 atom stereocenters. The van der Waals surface area contributed by atoms with Crippen LogP contribution in [0.3, 0.4) is 0 Å². The summed E-state index contributed by atoms with van der Waals surface area (Å²) in [5.74, 6) is 0.135. The lowest BCUT2D eigenvalue weighted by atomic mass is 9.83. The Morgan fingerprint density at radius 3 is 2.30 bits per heavy atom. The van der Waals surface area contributed by atoms with E-state index in [0.717, 1.165) is 5.56 Å². The summed E-state index contributed by atoms with van der Waals surface area (Å²) in [4.78, 5) is 12.7. The second kappa shape index (κ2) is 6.82. The number of benzene rings is 2. The maximum absolute atomic E-state index is 13.1. The van der Waals surface area contributed by atoms with E-state index in [2.05, 4.69) is 5.32 Å². The fraction of sp³-hybridized carbons (Fsp3) is 0.316. The van der Waals surface area contributed by atoms with Crippen LogP contribution in [0.5, 0.6) is 5.75 Å². The highest BCUT2D eigenvalue weighted by atomic mass is 19.1. The Kier molecular flexibility index (Phi) is 5.04. The lowest BCUT2D eigenvalue weighted by molar-refractivity contribution is -0.120. The smallest absolute Gasteiger partial charge is 0.234 e. The Morgan fingerprint density at radius 2 is 1.70 bits per heavy atom. The number of carbonyl (C=O) groups excluding carboxylic acids is 1. The van der Waals surface area contributed by atoms with Crippen molar-refractivity contribution in [3.05, 3.63) is 59.9 Å². The van der Waals surface area contributed by atoms with Gasteiger partial charge in [0.05, 0.1) is 17.2 Å². The highest BCUT2D eigenvalue weighted by molar-refractivity contribution is 5.99. The van der Waals surface area contributed by atoms with Crippen molar-refractivity contribution in [1.29, 1.82) is 0 Å². The van der Waals surface area contributed by atoms with Crippen LogP contribution in [0.1, 0.15) is 33.3 Å². The first kappa shape index (κ1) is 17.0. The van der Waals surface area contributed by atoms with E-state index in [4.69, 9.17) is 4.74 Å². The van der Waals surface area contributed by atoms with E-state index in [1.54, 1.807) is 18.2 Å². The zero-order valence-corrected chi connectivity index (χ0v) is 13.9. The van der Waals surface area contributed by atoms with Gasteiger partial charge in [-0.1, -0.05) is 24.3 Å². The van der Waals surface area contributed by atoms with Gasteiger partial charge in [-0.15, -0.1) is 0 Å². The van der Waals surface area contributed by atoms with Gasteiger partial charge in [-0.05, 0) is 57.5 Å². The second-order valence-electron chi connectivity index (χ2n) is 6.25. The van der Waals surface area contributed by atoms with Crippen LogP contribution < -0.4 is 10.1 Å². The van der Waals surface area contributed by atoms with Crippen LogP contribution >= 0.6 is 0 Å². The van der Waals surface area contributed by atoms with Crippen molar-refractivity contribution >= 4 is 11.6 Å². The maximum Gasteiger partial charge on any atom is 0.234 e. The average Bonchev–Trinajstić information content (AvgIpc) is 2.49. The maximum atomic E-state index is 13.1. The van der Waals surface area contributed by atoms with Gasteiger partial charge >= 0.3 is 0 Å². The van der Waals surface area contributed by atoms with E-state index in [0.29, 0.717) is 11.4 Å². The van der Waals surface area contributed by atoms with Crippen LogP contribution in [0.2, 0.25) is 0 Å². The highest BCUT2D eigenvalue weighted by Gasteiger charge is 2.30. The standard InChI is InChI=1S/C19H22FNO2/c1-13(2)23-17-8-6-5-7-16(17)21-18(22)19(3,4)14-9-11-15(20)12-10-14/h5-13H,1-4H3,(H,21,22). The van der Waals surface area contributed by atoms with Crippen molar-refractivity contribution in [1.82, 2.24) is 0 Å². The summed E-state index contributed by atoms with van der Waals surface area (Å²) in [5.41, 5.74) is 0.582. The summed E-state index contributed by atoms with van der Waals surface area (Å²) >= 11 is 0. The summed E-state index contributed by atoms with van der Waals surface area (Å²) < 4.78 is 18.8. The first-order valence-electron chi connectivity index (χ1n) is 7.64. The molecule has 2 aromatic rings. The molecule has 0 saturated carbocycles. The Bertz CT molecular complexity index is 678. The molecule has 0 bridgehead atoms. The van der Waals surface area contributed by atoms with Crippen LogP contribution in [0.4, 0.5) is 10.1 Å². The molecule has 0 fully saturated rings. The molecular formula is C19H22FNO2. The summed E-state index contributed by atoms with van der Waals surface area (Å²) in [7, 11) is 0. The van der Waals surface area contributed by atoms with Gasteiger partial charge in [-0.2, -0.15) is 0 Å². The zero-order chi connectivity index (χ0) is 17.0. The summed E-state index contributed by atoms with van der Waals surface area (Å²) in [6.45, 7) is 7.48. The van der Waals surface area contributed by atoms with Gasteiger partial charge in [0, 0.05) is 0 Å². The quantitative estimate of drug-likeness (QED) is 0.880. The number of hydrogen-bond acceptors (Lipinski definition) is 2. The first-order chi connectivity index (χ1) is 10.8. The number of nitrogens with one attached hydrogen (secondary N) is 1. The number of carbonyl (C=O) groups is 1. The van der Waals surface area contributed by atoms with E-state index >= 15 is 0 Å². The zero-order valence-electron chi connectivity index (χ0n) is 13.9. The third-order valence-electron chi connectivity index (χ3n) is 3.63. The molecule has 0 aromatic heterocycles. The van der Waals surface area contributed by atoms with Crippen molar-refractivity contribution in [3.8, 4) is 5.75 Å². The van der Waals surface area contributed by atoms with E-state index in [1.807, 2.05) is 45.9 Å². The number of anilines is 1. The molecule has 1 amide bonds. The van der Waals surface area contributed by atoms with Gasteiger partial charge in [0.2, 0.25) is 5.91 Å². The minimum Gasteiger partial charge on any atom is -0.489 e. The molecule has 2 aromatic carbocycles. The van der Waals surface area contributed by atoms with Gasteiger partial charge in [-0.3, -0.25) is 4.79 Å². The minimum atomic E-state index is -0.793. The van der Waals surface area contributed by atoms with E-state index in [-0.39, 0.29) is 17.8 Å². The monoisotopic (exact) mass is 315 g/mol. The molecule has 0 aliphatic rings. The molecule has 0 heterocycles. The number of rotatable bonds is 5. The van der Waals surface area contributed by atoms with Crippen LogP contribution in [-0.2, 0) is 10.2 Å². The number of amides is 1. The van der Waals surface area contributed by atoms with Gasteiger partial charge in [-0.25, -0.2) is 4.39 Å². The first-order valence-corrected chi connectivity index (χ1v) is 7.64. The Morgan fingerprint density at radius 1 is 1.09 bits per heavy atom. The predicted molar refractivity (Wildman–Crippen MR) is 90.3 cm³/mol.